The van der Waals surface area contributed by atoms with Crippen molar-refractivity contribution in [2.75, 3.05) is 20.4 Å². The van der Waals surface area contributed by atoms with E-state index in [-0.39, 0.29) is 42.3 Å². The highest BCUT2D eigenvalue weighted by Crippen LogP contribution is 2.50. The zero-order valence-corrected chi connectivity index (χ0v) is 36.3. The second kappa shape index (κ2) is 23.7. The Morgan fingerprint density at radius 2 is 1.45 bits per heavy atom. The molecule has 0 spiro atoms. The quantitative estimate of drug-likeness (QED) is 0.0189. The van der Waals surface area contributed by atoms with Crippen LogP contribution in [-0.2, 0) is 41.3 Å². The maximum absolute atomic E-state index is 14.7. The minimum absolute atomic E-state index is 0.0225. The van der Waals surface area contributed by atoms with Crippen LogP contribution in [0.1, 0.15) is 84.9 Å². The number of furan rings is 1. The predicted octanol–water partition coefficient (Wildman–Crippen LogP) is 8.61. The molecule has 2 atom stereocenters. The first-order chi connectivity index (χ1) is 30.1. The number of carbonyl (C=O) groups excluding carboxylic acids is 4. The van der Waals surface area contributed by atoms with Gasteiger partial charge in [-0.3, -0.25) is 18.9 Å². The van der Waals surface area contributed by atoms with E-state index in [2.05, 4.69) is 10.6 Å². The van der Waals surface area contributed by atoms with E-state index < -0.39 is 37.3 Å². The van der Waals surface area contributed by atoms with Crippen LogP contribution >= 0.6 is 7.60 Å². The van der Waals surface area contributed by atoms with Crippen LogP contribution in [0.2, 0.25) is 0 Å². The molecule has 0 bridgehead atoms. The van der Waals surface area contributed by atoms with Crippen molar-refractivity contribution in [3.8, 4) is 22.8 Å². The number of hydrogen-bond donors (Lipinski definition) is 2. The van der Waals surface area contributed by atoms with Gasteiger partial charge < -0.3 is 38.4 Å². The zero-order chi connectivity index (χ0) is 44.3. The molecular weight excluding hydrogens is 814 g/mol. The lowest BCUT2D eigenvalue weighted by Crippen LogP contribution is -2.49. The van der Waals surface area contributed by atoms with E-state index in [1.807, 2.05) is 74.5 Å². The van der Waals surface area contributed by atoms with Crippen LogP contribution < -0.4 is 25.4 Å². The molecule has 14 nitrogen and oxygen atoms in total. The average molecular weight is 868 g/mol. The van der Waals surface area contributed by atoms with Crippen LogP contribution in [0.4, 0.5) is 0 Å². The van der Waals surface area contributed by atoms with Crippen LogP contribution in [0, 0.1) is 5.92 Å². The standard InChI is InChI=1S/C47H54N3O11P/c1-5-8-11-20-41(42(6-2)50(33-51)61-47(54)36-21-23-38(56-4)24-22-36)45(52)48-32-49-46(53)44-26-25-43(60-44)37-27-39(57-7-3)29-40(28-37)62(55,58-30-34-16-12-9-13-17-34)59-31-35-18-14-10-15-19-35/h9-10,12-19,21-29,33,41-42H,5-8,11,20,30-32H2,1-4H3,(H,48,52)(H,49,53)/t41-,42-/m1/s1. The molecule has 0 saturated heterocycles. The van der Waals surface area contributed by atoms with Crippen molar-refractivity contribution in [1.82, 2.24) is 15.7 Å². The Bertz CT molecular complexity index is 2200. The monoisotopic (exact) mass is 867 g/mol. The van der Waals surface area contributed by atoms with Crippen molar-refractivity contribution < 1.29 is 51.5 Å². The third-order valence-corrected chi connectivity index (χ3v) is 11.7. The fourth-order valence-electron chi connectivity index (χ4n) is 6.63. The fourth-order valence-corrected chi connectivity index (χ4v) is 8.22. The van der Waals surface area contributed by atoms with Gasteiger partial charge in [0.1, 0.15) is 17.3 Å². The molecule has 0 radical (unpaired) electrons. The number of nitrogens with zero attached hydrogens (tertiary/aromatic N) is 1. The number of amides is 3. The van der Waals surface area contributed by atoms with Gasteiger partial charge in [-0.25, -0.2) is 4.79 Å². The number of methoxy groups -OCH3 is 1. The number of unbranched alkanes of at least 4 members (excludes halogenated alkanes) is 2. The summed E-state index contributed by atoms with van der Waals surface area (Å²) in [5.74, 6) is -1.41. The van der Waals surface area contributed by atoms with Gasteiger partial charge in [-0.1, -0.05) is 93.8 Å². The van der Waals surface area contributed by atoms with E-state index in [1.54, 1.807) is 43.3 Å². The Balaban J connectivity index is 1.29. The normalized spacial score (nSPS) is 12.1. The zero-order valence-electron chi connectivity index (χ0n) is 35.5. The maximum atomic E-state index is 14.7. The molecule has 1 heterocycles. The fraction of sp³-hybridized carbons (Fsp3) is 0.319. The summed E-state index contributed by atoms with van der Waals surface area (Å²) in [6.45, 7) is 5.76. The third-order valence-electron chi connectivity index (χ3n) is 9.92. The Kier molecular flexibility index (Phi) is 17.9. The van der Waals surface area contributed by atoms with Crippen LogP contribution in [0.15, 0.2) is 120 Å². The molecule has 0 fully saturated rings. The number of benzene rings is 4. The Hall–Kier alpha value is -6.21. The minimum Gasteiger partial charge on any atom is -0.497 e. The number of hydroxylamine groups is 2. The number of carbonyl (C=O) groups is 4. The lowest BCUT2D eigenvalue weighted by atomic mass is 9.90. The van der Waals surface area contributed by atoms with E-state index in [4.69, 9.17) is 27.8 Å². The van der Waals surface area contributed by atoms with E-state index >= 15 is 0 Å². The molecule has 15 heteroatoms. The molecule has 3 amide bonds. The predicted molar refractivity (Wildman–Crippen MR) is 234 cm³/mol. The topological polar surface area (TPSA) is 172 Å². The highest BCUT2D eigenvalue weighted by molar-refractivity contribution is 7.62. The van der Waals surface area contributed by atoms with Gasteiger partial charge in [0.15, 0.2) is 5.76 Å². The largest absolute Gasteiger partial charge is 0.497 e. The SMILES string of the molecule is CCCCC[C@@H](C(=O)NCNC(=O)c1ccc(-c2cc(OCC)cc(P(=O)(OCc3ccccc3)OCc3ccccc3)c2)o1)[C@@H](CC)N(C=O)OC(=O)c1ccc(OC)cc1. The number of rotatable bonds is 25. The maximum Gasteiger partial charge on any atom is 0.363 e. The molecule has 0 unspecified atom stereocenters. The smallest absolute Gasteiger partial charge is 0.363 e. The van der Waals surface area contributed by atoms with E-state index in [0.29, 0.717) is 49.3 Å². The van der Waals surface area contributed by atoms with Gasteiger partial charge in [0.2, 0.25) is 12.3 Å². The molecular formula is C47H54N3O11P. The molecule has 0 saturated carbocycles. The summed E-state index contributed by atoms with van der Waals surface area (Å²) in [6.07, 6.45) is 3.54. The molecule has 1 aromatic heterocycles. The van der Waals surface area contributed by atoms with Crippen molar-refractivity contribution in [1.29, 1.82) is 0 Å². The van der Waals surface area contributed by atoms with Crippen molar-refractivity contribution in [2.45, 2.75) is 72.1 Å². The van der Waals surface area contributed by atoms with Gasteiger partial charge in [-0.2, -0.15) is 5.06 Å². The van der Waals surface area contributed by atoms with E-state index in [0.717, 1.165) is 29.0 Å². The summed E-state index contributed by atoms with van der Waals surface area (Å²) >= 11 is 0. The molecule has 4 aromatic carbocycles. The Morgan fingerprint density at radius 3 is 2.03 bits per heavy atom. The van der Waals surface area contributed by atoms with Gasteiger partial charge >= 0.3 is 13.6 Å². The summed E-state index contributed by atoms with van der Waals surface area (Å²) < 4.78 is 43.9. The lowest BCUT2D eigenvalue weighted by molar-refractivity contribution is -0.171. The first-order valence-corrected chi connectivity index (χ1v) is 22.2. The van der Waals surface area contributed by atoms with Crippen LogP contribution in [0.25, 0.3) is 11.3 Å². The van der Waals surface area contributed by atoms with Crippen molar-refractivity contribution in [3.63, 3.8) is 0 Å². The molecule has 0 aliphatic heterocycles. The first-order valence-electron chi connectivity index (χ1n) is 20.6. The molecule has 5 aromatic rings. The molecule has 62 heavy (non-hydrogen) atoms. The van der Waals surface area contributed by atoms with Gasteiger partial charge in [-0.05, 0) is 85.5 Å². The van der Waals surface area contributed by atoms with Crippen molar-refractivity contribution in [3.05, 3.63) is 138 Å². The van der Waals surface area contributed by atoms with Gasteiger partial charge in [-0.15, -0.1) is 0 Å². The summed E-state index contributed by atoms with van der Waals surface area (Å²) in [5, 5.41) is 6.53. The van der Waals surface area contributed by atoms with Crippen LogP contribution in [-0.4, -0.2) is 55.7 Å². The summed E-state index contributed by atoms with van der Waals surface area (Å²) in [4.78, 5) is 57.8. The van der Waals surface area contributed by atoms with Gasteiger partial charge in [0.25, 0.3) is 5.91 Å². The molecule has 0 aliphatic carbocycles. The third kappa shape index (κ3) is 13.1. The number of hydrogen-bond acceptors (Lipinski definition) is 11. The van der Waals surface area contributed by atoms with E-state index in [9.17, 15) is 23.7 Å². The van der Waals surface area contributed by atoms with Crippen molar-refractivity contribution in [2.24, 2.45) is 5.92 Å². The summed E-state index contributed by atoms with van der Waals surface area (Å²) in [6, 6.07) is 32.1. The van der Waals surface area contributed by atoms with Crippen LogP contribution in [0.3, 0.4) is 0 Å². The van der Waals surface area contributed by atoms with Crippen molar-refractivity contribution >= 4 is 37.1 Å². The Morgan fingerprint density at radius 1 is 0.790 bits per heavy atom. The highest BCUT2D eigenvalue weighted by Gasteiger charge is 2.34. The van der Waals surface area contributed by atoms with E-state index in [1.165, 1.54) is 25.3 Å². The molecule has 0 aliphatic rings. The highest BCUT2D eigenvalue weighted by atomic mass is 31.2. The first kappa shape index (κ1) is 46.8. The minimum atomic E-state index is -3.99. The number of nitrogens with one attached hydrogen (secondary N) is 2. The van der Waals surface area contributed by atoms with Crippen LogP contribution in [0.5, 0.6) is 11.5 Å². The molecule has 328 valence electrons. The summed E-state index contributed by atoms with van der Waals surface area (Å²) in [5.41, 5.74) is 2.27. The van der Waals surface area contributed by atoms with Gasteiger partial charge in [0.05, 0.1) is 56.4 Å². The Labute approximate surface area is 362 Å². The number of ether oxygens (including phenoxy) is 2. The lowest BCUT2D eigenvalue weighted by Gasteiger charge is -2.31. The average Bonchev–Trinajstić information content (AvgIpc) is 3.81. The van der Waals surface area contributed by atoms with Gasteiger partial charge in [0, 0.05) is 5.56 Å². The molecule has 5 rings (SSSR count). The molecule has 2 N–H and O–H groups in total. The summed E-state index contributed by atoms with van der Waals surface area (Å²) in [7, 11) is -2.48. The second-order valence-corrected chi connectivity index (χ2v) is 16.2. The second-order valence-electron chi connectivity index (χ2n) is 14.2.